The van der Waals surface area contributed by atoms with Gasteiger partial charge in [0.1, 0.15) is 5.71 Å². The normalized spacial score (nSPS) is 14.7. The molecule has 126 valence electrons. The first kappa shape index (κ1) is 17.1. The number of hydrogen-bond donors (Lipinski definition) is 3. The van der Waals surface area contributed by atoms with Crippen LogP contribution in [0.2, 0.25) is 0 Å². The van der Waals surface area contributed by atoms with Gasteiger partial charge in [-0.15, -0.1) is 0 Å². The Bertz CT molecular complexity index is 686. The minimum atomic E-state index is -1.32. The fourth-order valence-corrected chi connectivity index (χ4v) is 1.94. The van der Waals surface area contributed by atoms with Gasteiger partial charge in [-0.2, -0.15) is 5.10 Å². The Kier molecular flexibility index (Phi) is 5.61. The van der Waals surface area contributed by atoms with Gasteiger partial charge in [-0.1, -0.05) is 30.3 Å². The summed E-state index contributed by atoms with van der Waals surface area (Å²) in [6.45, 7) is 0. The van der Waals surface area contributed by atoms with E-state index < -0.39 is 24.0 Å². The minimum absolute atomic E-state index is 0.00303. The van der Waals surface area contributed by atoms with Crippen molar-refractivity contribution in [3.05, 3.63) is 35.9 Å². The van der Waals surface area contributed by atoms with Crippen molar-refractivity contribution in [2.24, 2.45) is 5.10 Å². The molecule has 9 heteroatoms. The largest absolute Gasteiger partial charge is 0.443 e. The van der Waals surface area contributed by atoms with Crippen LogP contribution < -0.4 is 16.1 Å². The molecule has 0 saturated heterocycles. The Morgan fingerprint density at radius 3 is 2.50 bits per heavy atom. The topological polar surface area (TPSA) is 126 Å². The molecule has 0 unspecified atom stereocenters. The maximum Gasteiger partial charge on any atom is 0.355 e. The van der Waals surface area contributed by atoms with Gasteiger partial charge in [0, 0.05) is 25.5 Å². The lowest BCUT2D eigenvalue weighted by Crippen LogP contribution is -2.42. The number of imide groups is 1. The minimum Gasteiger partial charge on any atom is -0.443 e. The zero-order valence-electron chi connectivity index (χ0n) is 12.9. The van der Waals surface area contributed by atoms with Crippen molar-refractivity contribution >= 4 is 29.5 Å². The summed E-state index contributed by atoms with van der Waals surface area (Å²) >= 11 is 0. The lowest BCUT2D eigenvalue weighted by atomic mass is 10.1. The molecule has 2 rings (SSSR count). The van der Waals surface area contributed by atoms with Crippen molar-refractivity contribution in [2.45, 2.75) is 18.9 Å². The standard InChI is InChI=1S/C15H16N4O5/c1-16-15(23)17-13(21)12(9-5-3-2-4-6-9)24-14(22)10-7-8-11(20)19-18-10/h2-6,12H,7-8H2,1H3,(H,19,20)(H2,16,17,21,23)/t12-/m0/s1. The van der Waals surface area contributed by atoms with E-state index in [0.29, 0.717) is 5.56 Å². The molecule has 0 aliphatic carbocycles. The molecule has 3 N–H and O–H groups in total. The summed E-state index contributed by atoms with van der Waals surface area (Å²) in [5, 5.41) is 7.93. The molecule has 0 saturated carbocycles. The van der Waals surface area contributed by atoms with Gasteiger partial charge in [-0.3, -0.25) is 14.9 Å². The zero-order chi connectivity index (χ0) is 17.5. The first-order valence-electron chi connectivity index (χ1n) is 7.15. The molecule has 1 atom stereocenters. The second-order valence-electron chi connectivity index (χ2n) is 4.86. The number of carbonyl (C=O) groups is 4. The van der Waals surface area contributed by atoms with E-state index in [0.717, 1.165) is 0 Å². The van der Waals surface area contributed by atoms with E-state index in [1.54, 1.807) is 30.3 Å². The third-order valence-corrected chi connectivity index (χ3v) is 3.17. The highest BCUT2D eigenvalue weighted by Crippen LogP contribution is 2.18. The predicted octanol–water partition coefficient (Wildman–Crippen LogP) is -0.00750. The summed E-state index contributed by atoms with van der Waals surface area (Å²) in [5.74, 6) is -1.94. The van der Waals surface area contributed by atoms with Crippen LogP contribution in [0.15, 0.2) is 35.4 Å². The molecule has 4 amide bonds. The quantitative estimate of drug-likeness (QED) is 0.669. The molecular formula is C15H16N4O5. The molecule has 0 bridgehead atoms. The van der Waals surface area contributed by atoms with Crippen LogP contribution in [0.5, 0.6) is 0 Å². The van der Waals surface area contributed by atoms with Gasteiger partial charge in [-0.25, -0.2) is 15.0 Å². The fourth-order valence-electron chi connectivity index (χ4n) is 1.94. The molecule has 1 aromatic carbocycles. The summed E-state index contributed by atoms with van der Waals surface area (Å²) in [5.41, 5.74) is 2.58. The third-order valence-electron chi connectivity index (χ3n) is 3.17. The van der Waals surface area contributed by atoms with Gasteiger partial charge >= 0.3 is 12.0 Å². The van der Waals surface area contributed by atoms with Crippen LogP contribution in [0.25, 0.3) is 0 Å². The van der Waals surface area contributed by atoms with Crippen LogP contribution in [-0.2, 0) is 19.1 Å². The Hall–Kier alpha value is -3.23. The first-order chi connectivity index (χ1) is 11.5. The smallest absolute Gasteiger partial charge is 0.355 e. The number of hydrazone groups is 1. The molecule has 0 aromatic heterocycles. The van der Waals surface area contributed by atoms with E-state index >= 15 is 0 Å². The highest BCUT2D eigenvalue weighted by atomic mass is 16.5. The monoisotopic (exact) mass is 332 g/mol. The van der Waals surface area contributed by atoms with Crippen LogP contribution in [0.3, 0.4) is 0 Å². The Morgan fingerprint density at radius 2 is 1.92 bits per heavy atom. The average molecular weight is 332 g/mol. The van der Waals surface area contributed by atoms with Crippen molar-refractivity contribution in [1.82, 2.24) is 16.1 Å². The number of carbonyl (C=O) groups excluding carboxylic acids is 4. The van der Waals surface area contributed by atoms with Crippen LogP contribution in [0.1, 0.15) is 24.5 Å². The van der Waals surface area contributed by atoms with Crippen molar-refractivity contribution in [3.63, 3.8) is 0 Å². The van der Waals surface area contributed by atoms with Crippen LogP contribution in [-0.4, -0.2) is 36.6 Å². The van der Waals surface area contributed by atoms with Crippen LogP contribution >= 0.6 is 0 Å². The average Bonchev–Trinajstić information content (AvgIpc) is 2.60. The molecule has 1 aliphatic rings. The highest BCUT2D eigenvalue weighted by Gasteiger charge is 2.29. The molecule has 1 aromatic rings. The van der Waals surface area contributed by atoms with Gasteiger partial charge < -0.3 is 10.1 Å². The van der Waals surface area contributed by atoms with Crippen LogP contribution in [0.4, 0.5) is 4.79 Å². The Morgan fingerprint density at radius 1 is 1.21 bits per heavy atom. The SMILES string of the molecule is CNC(=O)NC(=O)[C@@H](OC(=O)C1=NNC(=O)CC1)c1ccccc1. The summed E-state index contributed by atoms with van der Waals surface area (Å²) in [4.78, 5) is 46.8. The predicted molar refractivity (Wildman–Crippen MR) is 82.7 cm³/mol. The highest BCUT2D eigenvalue weighted by molar-refractivity contribution is 6.37. The number of nitrogens with one attached hydrogen (secondary N) is 3. The zero-order valence-corrected chi connectivity index (χ0v) is 12.9. The van der Waals surface area contributed by atoms with Crippen molar-refractivity contribution < 1.29 is 23.9 Å². The van der Waals surface area contributed by atoms with Gasteiger partial charge in [0.05, 0.1) is 0 Å². The van der Waals surface area contributed by atoms with Gasteiger partial charge in [-0.05, 0) is 0 Å². The maximum absolute atomic E-state index is 12.2. The maximum atomic E-state index is 12.2. The molecule has 0 fully saturated rings. The number of rotatable bonds is 4. The first-order valence-corrected chi connectivity index (χ1v) is 7.15. The summed E-state index contributed by atoms with van der Waals surface area (Å²) in [7, 11) is 1.35. The third kappa shape index (κ3) is 4.38. The van der Waals surface area contributed by atoms with E-state index in [1.807, 2.05) is 0 Å². The number of amides is 4. The molecule has 1 aliphatic heterocycles. The number of ether oxygens (including phenoxy) is 1. The van der Waals surface area contributed by atoms with Crippen LogP contribution in [0, 0.1) is 0 Å². The van der Waals surface area contributed by atoms with E-state index in [2.05, 4.69) is 21.2 Å². The van der Waals surface area contributed by atoms with Crippen molar-refractivity contribution in [2.75, 3.05) is 7.05 Å². The fraction of sp³-hybridized carbons (Fsp3) is 0.267. The summed E-state index contributed by atoms with van der Waals surface area (Å²) in [6.07, 6.45) is -1.10. The van der Waals surface area contributed by atoms with E-state index in [9.17, 15) is 19.2 Å². The lowest BCUT2D eigenvalue weighted by Gasteiger charge is -2.19. The summed E-state index contributed by atoms with van der Waals surface area (Å²) < 4.78 is 5.21. The van der Waals surface area contributed by atoms with Gasteiger partial charge in [0.25, 0.3) is 5.91 Å². The number of esters is 1. The van der Waals surface area contributed by atoms with Crippen molar-refractivity contribution in [3.8, 4) is 0 Å². The van der Waals surface area contributed by atoms with Crippen molar-refractivity contribution in [1.29, 1.82) is 0 Å². The second-order valence-corrected chi connectivity index (χ2v) is 4.86. The van der Waals surface area contributed by atoms with Gasteiger partial charge in [0.15, 0.2) is 0 Å². The molecular weight excluding hydrogens is 316 g/mol. The Balaban J connectivity index is 2.17. The second kappa shape index (κ2) is 7.86. The van der Waals surface area contributed by atoms with Gasteiger partial charge in [0.2, 0.25) is 12.0 Å². The molecule has 0 spiro atoms. The Labute approximate surface area is 137 Å². The summed E-state index contributed by atoms with van der Waals surface area (Å²) in [6, 6.07) is 7.53. The molecule has 9 nitrogen and oxygen atoms in total. The number of nitrogens with zero attached hydrogens (tertiary/aromatic N) is 1. The lowest BCUT2D eigenvalue weighted by molar-refractivity contribution is -0.150. The molecule has 24 heavy (non-hydrogen) atoms. The van der Waals surface area contributed by atoms with E-state index in [-0.39, 0.29) is 24.5 Å². The molecule has 1 heterocycles. The number of benzene rings is 1. The van der Waals surface area contributed by atoms with E-state index in [1.165, 1.54) is 7.05 Å². The number of hydrogen-bond acceptors (Lipinski definition) is 6. The number of urea groups is 1. The molecule has 0 radical (unpaired) electrons. The van der Waals surface area contributed by atoms with E-state index in [4.69, 9.17) is 4.74 Å².